The minimum Gasteiger partial charge on any atom is -0.497 e. The standard InChI is InChI=1S/C26H25N3O5/c1-4-34-17-10-8-16(9-11-17)25(30)24-23(27)22(20-7-5-6-14-29(20)24)26(31)28-19-13-12-18(32-2)15-21(19)33-3/h5-15H,4,27H2,1-3H3,(H,28,31). The predicted molar refractivity (Wildman–Crippen MR) is 130 cm³/mol. The third-order valence-corrected chi connectivity index (χ3v) is 5.41. The first-order valence-electron chi connectivity index (χ1n) is 10.7. The van der Waals surface area contributed by atoms with Crippen LogP contribution in [-0.2, 0) is 0 Å². The summed E-state index contributed by atoms with van der Waals surface area (Å²) in [5.41, 5.74) is 8.33. The molecule has 0 spiro atoms. The summed E-state index contributed by atoms with van der Waals surface area (Å²) < 4.78 is 17.7. The number of benzene rings is 2. The van der Waals surface area contributed by atoms with Gasteiger partial charge in [-0.25, -0.2) is 0 Å². The number of anilines is 2. The van der Waals surface area contributed by atoms with Gasteiger partial charge in [-0.05, 0) is 55.5 Å². The van der Waals surface area contributed by atoms with Crippen molar-refractivity contribution >= 4 is 28.6 Å². The van der Waals surface area contributed by atoms with Crippen molar-refractivity contribution in [3.05, 3.63) is 83.7 Å². The lowest BCUT2D eigenvalue weighted by Gasteiger charge is -2.11. The van der Waals surface area contributed by atoms with Crippen LogP contribution in [-0.4, -0.2) is 36.9 Å². The van der Waals surface area contributed by atoms with Gasteiger partial charge in [-0.1, -0.05) is 6.07 Å². The van der Waals surface area contributed by atoms with Crippen molar-refractivity contribution in [3.63, 3.8) is 0 Å². The van der Waals surface area contributed by atoms with E-state index in [2.05, 4.69) is 5.32 Å². The maximum absolute atomic E-state index is 13.4. The lowest BCUT2D eigenvalue weighted by atomic mass is 10.1. The number of rotatable bonds is 8. The number of amides is 1. The quantitative estimate of drug-likeness (QED) is 0.378. The first kappa shape index (κ1) is 22.7. The second-order valence-electron chi connectivity index (χ2n) is 7.40. The molecule has 0 unspecified atom stereocenters. The second-order valence-corrected chi connectivity index (χ2v) is 7.40. The van der Waals surface area contributed by atoms with Gasteiger partial charge in [-0.3, -0.25) is 9.59 Å². The zero-order valence-corrected chi connectivity index (χ0v) is 19.1. The van der Waals surface area contributed by atoms with Gasteiger partial charge in [0, 0.05) is 17.8 Å². The first-order valence-corrected chi connectivity index (χ1v) is 10.7. The van der Waals surface area contributed by atoms with Crippen molar-refractivity contribution in [3.8, 4) is 17.2 Å². The fraction of sp³-hybridized carbons (Fsp3) is 0.154. The van der Waals surface area contributed by atoms with E-state index in [4.69, 9.17) is 19.9 Å². The van der Waals surface area contributed by atoms with Gasteiger partial charge in [0.1, 0.15) is 22.9 Å². The minimum atomic E-state index is -0.463. The van der Waals surface area contributed by atoms with Gasteiger partial charge in [-0.15, -0.1) is 0 Å². The monoisotopic (exact) mass is 459 g/mol. The summed E-state index contributed by atoms with van der Waals surface area (Å²) in [6.45, 7) is 2.42. The summed E-state index contributed by atoms with van der Waals surface area (Å²) in [5.74, 6) is 0.922. The van der Waals surface area contributed by atoms with Crippen molar-refractivity contribution in [2.45, 2.75) is 6.92 Å². The molecule has 3 N–H and O–H groups in total. The van der Waals surface area contributed by atoms with Gasteiger partial charge in [0.05, 0.1) is 43.3 Å². The molecule has 0 aliphatic rings. The van der Waals surface area contributed by atoms with Crippen LogP contribution >= 0.6 is 0 Å². The molecule has 0 aliphatic carbocycles. The van der Waals surface area contributed by atoms with Crippen LogP contribution in [0.4, 0.5) is 11.4 Å². The Hall–Kier alpha value is -4.46. The predicted octanol–water partition coefficient (Wildman–Crippen LogP) is 4.42. The number of nitrogens with one attached hydrogen (secondary N) is 1. The fourth-order valence-corrected chi connectivity index (χ4v) is 3.79. The van der Waals surface area contributed by atoms with Gasteiger partial charge in [-0.2, -0.15) is 0 Å². The van der Waals surface area contributed by atoms with Gasteiger partial charge in [0.2, 0.25) is 5.78 Å². The van der Waals surface area contributed by atoms with E-state index in [-0.39, 0.29) is 22.7 Å². The average Bonchev–Trinajstić information content (AvgIpc) is 3.16. The zero-order chi connectivity index (χ0) is 24.2. The second kappa shape index (κ2) is 9.58. The Morgan fingerprint density at radius 3 is 2.38 bits per heavy atom. The number of ketones is 1. The maximum atomic E-state index is 13.4. The fourth-order valence-electron chi connectivity index (χ4n) is 3.79. The highest BCUT2D eigenvalue weighted by Crippen LogP contribution is 2.33. The normalized spacial score (nSPS) is 10.7. The van der Waals surface area contributed by atoms with E-state index in [0.717, 1.165) is 0 Å². The number of fused-ring (bicyclic) bond motifs is 1. The lowest BCUT2D eigenvalue weighted by molar-refractivity contribution is 0.102. The molecule has 1 amide bonds. The molecule has 0 fully saturated rings. The van der Waals surface area contributed by atoms with Gasteiger partial charge in [0.25, 0.3) is 5.91 Å². The number of carbonyl (C=O) groups excluding carboxylic acids is 2. The van der Waals surface area contributed by atoms with Crippen LogP contribution in [0.5, 0.6) is 17.2 Å². The largest absolute Gasteiger partial charge is 0.497 e. The first-order chi connectivity index (χ1) is 16.5. The van der Waals surface area contributed by atoms with Crippen molar-refractivity contribution < 1.29 is 23.8 Å². The number of aromatic nitrogens is 1. The van der Waals surface area contributed by atoms with E-state index >= 15 is 0 Å². The Morgan fingerprint density at radius 1 is 0.971 bits per heavy atom. The van der Waals surface area contributed by atoms with Crippen molar-refractivity contribution in [1.82, 2.24) is 4.40 Å². The third-order valence-electron chi connectivity index (χ3n) is 5.41. The van der Waals surface area contributed by atoms with Crippen LogP contribution in [0.25, 0.3) is 5.52 Å². The highest BCUT2D eigenvalue weighted by atomic mass is 16.5. The van der Waals surface area contributed by atoms with Crippen LogP contribution in [0.2, 0.25) is 0 Å². The molecular weight excluding hydrogens is 434 g/mol. The summed E-state index contributed by atoms with van der Waals surface area (Å²) in [6, 6.07) is 17.2. The van der Waals surface area contributed by atoms with Gasteiger partial charge in [0.15, 0.2) is 0 Å². The molecule has 8 nitrogen and oxygen atoms in total. The van der Waals surface area contributed by atoms with E-state index in [1.807, 2.05) is 6.92 Å². The van der Waals surface area contributed by atoms with Crippen LogP contribution in [0.3, 0.4) is 0 Å². The SMILES string of the molecule is CCOc1ccc(C(=O)c2c(N)c(C(=O)Nc3ccc(OC)cc3OC)c3ccccn23)cc1. The molecule has 8 heteroatoms. The number of hydrogen-bond acceptors (Lipinski definition) is 6. The summed E-state index contributed by atoms with van der Waals surface area (Å²) in [7, 11) is 3.05. The van der Waals surface area contributed by atoms with Gasteiger partial charge < -0.3 is 29.7 Å². The Morgan fingerprint density at radius 2 is 1.71 bits per heavy atom. The summed E-state index contributed by atoms with van der Waals surface area (Å²) in [6.07, 6.45) is 1.71. The summed E-state index contributed by atoms with van der Waals surface area (Å²) in [4.78, 5) is 26.7. The number of pyridine rings is 1. The Balaban J connectivity index is 1.74. The number of hydrogen-bond donors (Lipinski definition) is 2. The Labute approximate surface area is 196 Å². The van der Waals surface area contributed by atoms with Gasteiger partial charge >= 0.3 is 0 Å². The number of nitrogens with two attached hydrogens (primary N) is 1. The number of nitrogen functional groups attached to an aromatic ring is 1. The number of nitrogens with zero attached hydrogens (tertiary/aromatic N) is 1. The van der Waals surface area contributed by atoms with Crippen LogP contribution in [0.15, 0.2) is 66.9 Å². The molecule has 4 rings (SSSR count). The Bertz CT molecular complexity index is 1360. The molecule has 0 saturated carbocycles. The molecule has 0 atom stereocenters. The molecule has 2 heterocycles. The minimum absolute atomic E-state index is 0.0927. The van der Waals surface area contributed by atoms with Crippen LogP contribution in [0.1, 0.15) is 33.3 Å². The van der Waals surface area contributed by atoms with Crippen LogP contribution < -0.4 is 25.3 Å². The number of methoxy groups -OCH3 is 2. The van der Waals surface area contributed by atoms with Crippen molar-refractivity contribution in [2.24, 2.45) is 0 Å². The van der Waals surface area contributed by atoms with E-state index in [1.54, 1.807) is 78.4 Å². The summed E-state index contributed by atoms with van der Waals surface area (Å²) in [5, 5.41) is 2.83. The highest BCUT2D eigenvalue weighted by Gasteiger charge is 2.26. The number of carbonyl (C=O) groups is 2. The van der Waals surface area contributed by atoms with Crippen molar-refractivity contribution in [1.29, 1.82) is 0 Å². The molecule has 174 valence electrons. The molecule has 2 aromatic heterocycles. The highest BCUT2D eigenvalue weighted by molar-refractivity contribution is 6.20. The zero-order valence-electron chi connectivity index (χ0n) is 19.1. The molecule has 0 saturated heterocycles. The molecule has 4 aromatic rings. The Kier molecular flexibility index (Phi) is 6.40. The van der Waals surface area contributed by atoms with Crippen molar-refractivity contribution in [2.75, 3.05) is 31.9 Å². The van der Waals surface area contributed by atoms with E-state index in [9.17, 15) is 9.59 Å². The number of ether oxygens (including phenoxy) is 3. The third kappa shape index (κ3) is 4.13. The molecule has 0 radical (unpaired) electrons. The van der Waals surface area contributed by atoms with Crippen LogP contribution in [0, 0.1) is 0 Å². The van der Waals surface area contributed by atoms with E-state index in [1.165, 1.54) is 7.11 Å². The molecule has 2 aromatic carbocycles. The van der Waals surface area contributed by atoms with E-state index < -0.39 is 5.91 Å². The summed E-state index contributed by atoms with van der Waals surface area (Å²) >= 11 is 0. The molecule has 0 bridgehead atoms. The maximum Gasteiger partial charge on any atom is 0.260 e. The molecule has 34 heavy (non-hydrogen) atoms. The molecular formula is C26H25N3O5. The smallest absolute Gasteiger partial charge is 0.260 e. The lowest BCUT2D eigenvalue weighted by Crippen LogP contribution is -2.14. The average molecular weight is 460 g/mol. The van der Waals surface area contributed by atoms with E-state index in [0.29, 0.717) is 40.6 Å². The topological polar surface area (TPSA) is 104 Å². The molecule has 0 aliphatic heterocycles.